The predicted molar refractivity (Wildman–Crippen MR) is 58.6 cm³/mol. The van der Waals surface area contributed by atoms with Crippen LogP contribution in [0.3, 0.4) is 0 Å². The highest BCUT2D eigenvalue weighted by Crippen LogP contribution is 2.16. The van der Waals surface area contributed by atoms with Gasteiger partial charge >= 0.3 is 0 Å². The van der Waals surface area contributed by atoms with Gasteiger partial charge in [-0.05, 0) is 41.6 Å². The summed E-state index contributed by atoms with van der Waals surface area (Å²) >= 11 is 2.14. The molecule has 0 aliphatic heterocycles. The smallest absolute Gasteiger partial charge is 0.138 e. The predicted octanol–water partition coefficient (Wildman–Crippen LogP) is 1.74. The van der Waals surface area contributed by atoms with Crippen LogP contribution in [0.5, 0.6) is 0 Å². The number of hydrogen-bond donors (Lipinski definition) is 1. The Morgan fingerprint density at radius 1 is 1.54 bits per heavy atom. The molecule has 2 aromatic heterocycles. The molecule has 0 aromatic carbocycles. The number of rotatable bonds is 1. The van der Waals surface area contributed by atoms with E-state index >= 15 is 0 Å². The van der Waals surface area contributed by atoms with E-state index in [1.807, 2.05) is 29.5 Å². The van der Waals surface area contributed by atoms with Crippen LogP contribution < -0.4 is 0 Å². The van der Waals surface area contributed by atoms with Crippen molar-refractivity contribution in [1.29, 1.82) is 0 Å². The lowest BCUT2D eigenvalue weighted by Gasteiger charge is -2.01. The number of aliphatic hydroxyl groups is 1. The Labute approximate surface area is 89.6 Å². The molecule has 0 aliphatic carbocycles. The molecule has 0 spiro atoms. The Hall–Kier alpha value is -0.620. The average molecular weight is 288 g/mol. The number of aromatic nitrogens is 2. The number of halogens is 1. The highest BCUT2D eigenvalue weighted by atomic mass is 127. The molecule has 0 fully saturated rings. The third kappa shape index (κ3) is 1.34. The fourth-order valence-electron chi connectivity index (χ4n) is 1.43. The van der Waals surface area contributed by atoms with Gasteiger partial charge < -0.3 is 5.11 Å². The second-order valence-electron chi connectivity index (χ2n) is 2.87. The van der Waals surface area contributed by atoms with Gasteiger partial charge in [-0.2, -0.15) is 0 Å². The van der Waals surface area contributed by atoms with E-state index in [0.717, 1.165) is 20.7 Å². The molecule has 0 saturated carbocycles. The molecule has 3 nitrogen and oxygen atoms in total. The van der Waals surface area contributed by atoms with Gasteiger partial charge in [-0.25, -0.2) is 4.98 Å². The zero-order valence-corrected chi connectivity index (χ0v) is 9.32. The number of hydrogen-bond acceptors (Lipinski definition) is 2. The Balaban J connectivity index is 2.88. The Morgan fingerprint density at radius 3 is 3.00 bits per heavy atom. The lowest BCUT2D eigenvalue weighted by atomic mass is 10.3. The maximum absolute atomic E-state index is 9.16. The van der Waals surface area contributed by atoms with Gasteiger partial charge in [0.05, 0.1) is 12.3 Å². The zero-order valence-electron chi connectivity index (χ0n) is 7.16. The molecular formula is C9H9IN2O. The van der Waals surface area contributed by atoms with Gasteiger partial charge in [0.2, 0.25) is 0 Å². The van der Waals surface area contributed by atoms with Crippen molar-refractivity contribution in [1.82, 2.24) is 9.38 Å². The van der Waals surface area contributed by atoms with Gasteiger partial charge in [-0.15, -0.1) is 0 Å². The average Bonchev–Trinajstić information content (AvgIpc) is 2.42. The maximum Gasteiger partial charge on any atom is 0.138 e. The lowest BCUT2D eigenvalue weighted by molar-refractivity contribution is 0.274. The van der Waals surface area contributed by atoms with Crippen molar-refractivity contribution in [3.8, 4) is 0 Å². The summed E-state index contributed by atoms with van der Waals surface area (Å²) in [5.41, 5.74) is 2.86. The van der Waals surface area contributed by atoms with Crippen molar-refractivity contribution in [2.24, 2.45) is 0 Å². The molecule has 0 radical (unpaired) electrons. The first-order valence-electron chi connectivity index (χ1n) is 3.97. The van der Waals surface area contributed by atoms with Gasteiger partial charge in [-0.1, -0.05) is 6.07 Å². The lowest BCUT2D eigenvalue weighted by Crippen LogP contribution is -1.97. The van der Waals surface area contributed by atoms with E-state index in [4.69, 9.17) is 5.11 Å². The van der Waals surface area contributed by atoms with Crippen molar-refractivity contribution in [3.63, 3.8) is 0 Å². The molecule has 2 heterocycles. The number of nitrogens with zero attached hydrogens (tertiary/aromatic N) is 2. The van der Waals surface area contributed by atoms with Crippen LogP contribution in [0.2, 0.25) is 0 Å². The van der Waals surface area contributed by atoms with Gasteiger partial charge in [0, 0.05) is 5.69 Å². The summed E-state index contributed by atoms with van der Waals surface area (Å²) in [7, 11) is 0. The van der Waals surface area contributed by atoms with Crippen LogP contribution in [0.1, 0.15) is 11.4 Å². The molecule has 4 heteroatoms. The summed E-state index contributed by atoms with van der Waals surface area (Å²) in [5, 5.41) is 9.16. The minimum absolute atomic E-state index is 0.0320. The third-order valence-corrected chi connectivity index (χ3v) is 2.90. The molecule has 0 bridgehead atoms. The van der Waals surface area contributed by atoms with Crippen molar-refractivity contribution in [2.45, 2.75) is 13.5 Å². The Bertz CT molecular complexity index is 450. The summed E-state index contributed by atoms with van der Waals surface area (Å²) < 4.78 is 2.84. The van der Waals surface area contributed by atoms with E-state index in [-0.39, 0.29) is 6.61 Å². The summed E-state index contributed by atoms with van der Waals surface area (Å²) in [6.45, 7) is 2.04. The van der Waals surface area contributed by atoms with Gasteiger partial charge in [0.15, 0.2) is 0 Å². The standard InChI is InChI=1S/C9H9IN2O/c1-6-3-2-4-8-11-9(10)7(5-13)12(6)8/h2-4,13H,5H2,1H3. The summed E-state index contributed by atoms with van der Waals surface area (Å²) in [5.74, 6) is 0. The molecule has 0 aliphatic rings. The van der Waals surface area contributed by atoms with E-state index in [0.29, 0.717) is 0 Å². The van der Waals surface area contributed by atoms with Gasteiger partial charge in [0.25, 0.3) is 0 Å². The Morgan fingerprint density at radius 2 is 2.31 bits per heavy atom. The van der Waals surface area contributed by atoms with Crippen molar-refractivity contribution < 1.29 is 5.11 Å². The SMILES string of the molecule is Cc1cccc2nc(I)c(CO)n12. The first-order chi connectivity index (χ1) is 6.24. The topological polar surface area (TPSA) is 37.5 Å². The fraction of sp³-hybridized carbons (Fsp3) is 0.222. The summed E-state index contributed by atoms with van der Waals surface area (Å²) in [6.07, 6.45) is 0. The molecule has 0 saturated heterocycles. The van der Waals surface area contributed by atoms with Crippen LogP contribution >= 0.6 is 22.6 Å². The minimum atomic E-state index is 0.0320. The van der Waals surface area contributed by atoms with E-state index in [1.165, 1.54) is 0 Å². The normalized spacial score (nSPS) is 11.0. The number of pyridine rings is 1. The summed E-state index contributed by atoms with van der Waals surface area (Å²) in [4.78, 5) is 4.33. The van der Waals surface area contributed by atoms with Gasteiger partial charge in [0.1, 0.15) is 9.35 Å². The molecule has 1 N–H and O–H groups in total. The third-order valence-electron chi connectivity index (χ3n) is 2.04. The van der Waals surface area contributed by atoms with E-state index in [2.05, 4.69) is 27.6 Å². The van der Waals surface area contributed by atoms with E-state index < -0.39 is 0 Å². The highest BCUT2D eigenvalue weighted by Gasteiger charge is 2.09. The minimum Gasteiger partial charge on any atom is -0.390 e. The Kier molecular flexibility index (Phi) is 2.25. The molecule has 0 atom stereocenters. The molecule has 2 aromatic rings. The molecule has 0 amide bonds. The first kappa shape index (κ1) is 8.96. The fourth-order valence-corrected chi connectivity index (χ4v) is 2.09. The van der Waals surface area contributed by atoms with Crippen molar-refractivity contribution in [3.05, 3.63) is 33.3 Å². The zero-order chi connectivity index (χ0) is 9.42. The first-order valence-corrected chi connectivity index (χ1v) is 5.05. The quantitative estimate of drug-likeness (QED) is 0.812. The molecule has 13 heavy (non-hydrogen) atoms. The molecule has 0 unspecified atom stereocenters. The summed E-state index contributed by atoms with van der Waals surface area (Å²) in [6, 6.07) is 5.91. The number of aliphatic hydroxyl groups excluding tert-OH is 1. The number of fused-ring (bicyclic) bond motifs is 1. The van der Waals surface area contributed by atoms with Crippen LogP contribution in [0.4, 0.5) is 0 Å². The molecule has 2 rings (SSSR count). The van der Waals surface area contributed by atoms with Crippen LogP contribution in [-0.4, -0.2) is 14.5 Å². The highest BCUT2D eigenvalue weighted by molar-refractivity contribution is 14.1. The largest absolute Gasteiger partial charge is 0.390 e. The molecule has 68 valence electrons. The number of aryl methyl sites for hydroxylation is 1. The maximum atomic E-state index is 9.16. The van der Waals surface area contributed by atoms with Crippen LogP contribution in [0.25, 0.3) is 5.65 Å². The monoisotopic (exact) mass is 288 g/mol. The van der Waals surface area contributed by atoms with Gasteiger partial charge in [-0.3, -0.25) is 4.40 Å². The number of imidazole rings is 1. The van der Waals surface area contributed by atoms with E-state index in [1.54, 1.807) is 0 Å². The van der Waals surface area contributed by atoms with Crippen molar-refractivity contribution >= 4 is 28.2 Å². The van der Waals surface area contributed by atoms with Crippen LogP contribution in [-0.2, 0) is 6.61 Å². The van der Waals surface area contributed by atoms with E-state index in [9.17, 15) is 0 Å². The second-order valence-corrected chi connectivity index (χ2v) is 3.89. The van der Waals surface area contributed by atoms with Crippen LogP contribution in [0, 0.1) is 10.6 Å². The van der Waals surface area contributed by atoms with Crippen molar-refractivity contribution in [2.75, 3.05) is 0 Å². The second kappa shape index (κ2) is 3.26. The molecular weight excluding hydrogens is 279 g/mol. The van der Waals surface area contributed by atoms with Crippen LogP contribution in [0.15, 0.2) is 18.2 Å².